The van der Waals surface area contributed by atoms with Crippen molar-refractivity contribution in [3.8, 4) is 0 Å². The summed E-state index contributed by atoms with van der Waals surface area (Å²) in [5.41, 5.74) is 0.272. The van der Waals surface area contributed by atoms with Crippen molar-refractivity contribution in [2.24, 2.45) is 0 Å². The molecular formula is C13H18ClFN2O. The molecule has 3 nitrogen and oxygen atoms in total. The van der Waals surface area contributed by atoms with Crippen LogP contribution in [0.4, 0.5) is 4.39 Å². The third kappa shape index (κ3) is 3.01. The van der Waals surface area contributed by atoms with E-state index in [2.05, 4.69) is 10.2 Å². The lowest BCUT2D eigenvalue weighted by Crippen LogP contribution is -2.49. The summed E-state index contributed by atoms with van der Waals surface area (Å²) in [5.74, 6) is -0.408. The Morgan fingerprint density at radius 2 is 2.06 bits per heavy atom. The van der Waals surface area contributed by atoms with Gasteiger partial charge in [-0.2, -0.15) is 0 Å². The van der Waals surface area contributed by atoms with E-state index < -0.39 is 11.9 Å². The van der Waals surface area contributed by atoms with Gasteiger partial charge in [0.1, 0.15) is 5.82 Å². The van der Waals surface area contributed by atoms with Crippen molar-refractivity contribution in [2.45, 2.75) is 19.1 Å². The zero-order valence-corrected chi connectivity index (χ0v) is 11.1. The summed E-state index contributed by atoms with van der Waals surface area (Å²) in [5, 5.41) is 14.0. The van der Waals surface area contributed by atoms with E-state index in [0.29, 0.717) is 5.02 Å². The Hall–Kier alpha value is -0.680. The third-order valence-electron chi connectivity index (χ3n) is 3.46. The first-order valence-electron chi connectivity index (χ1n) is 6.17. The van der Waals surface area contributed by atoms with E-state index in [4.69, 9.17) is 11.6 Å². The number of piperazine rings is 1. The molecule has 1 aliphatic rings. The molecule has 5 heteroatoms. The second-order valence-corrected chi connectivity index (χ2v) is 5.07. The summed E-state index contributed by atoms with van der Waals surface area (Å²) in [7, 11) is 0. The molecule has 1 heterocycles. The Kier molecular flexibility index (Phi) is 4.56. The molecule has 0 radical (unpaired) electrons. The Morgan fingerprint density at radius 1 is 1.39 bits per heavy atom. The quantitative estimate of drug-likeness (QED) is 0.881. The zero-order valence-electron chi connectivity index (χ0n) is 10.4. The SMILES string of the molecule is CC(C(O)c1cc(Cl)ccc1F)N1CCNCC1. The smallest absolute Gasteiger partial charge is 0.129 e. The van der Waals surface area contributed by atoms with Crippen LogP contribution in [0.15, 0.2) is 18.2 Å². The Bertz CT molecular complexity index is 410. The highest BCUT2D eigenvalue weighted by molar-refractivity contribution is 6.30. The van der Waals surface area contributed by atoms with E-state index in [1.165, 1.54) is 18.2 Å². The van der Waals surface area contributed by atoms with Gasteiger partial charge in [-0.3, -0.25) is 4.90 Å². The lowest BCUT2D eigenvalue weighted by atomic mass is 10.0. The van der Waals surface area contributed by atoms with Gasteiger partial charge in [-0.05, 0) is 25.1 Å². The van der Waals surface area contributed by atoms with Crippen LogP contribution in [0.5, 0.6) is 0 Å². The molecule has 1 saturated heterocycles. The first-order valence-corrected chi connectivity index (χ1v) is 6.55. The van der Waals surface area contributed by atoms with Crippen molar-refractivity contribution in [1.29, 1.82) is 0 Å². The van der Waals surface area contributed by atoms with Crippen LogP contribution in [-0.4, -0.2) is 42.2 Å². The zero-order chi connectivity index (χ0) is 13.1. The molecule has 0 aliphatic carbocycles. The minimum atomic E-state index is -0.859. The average Bonchev–Trinajstić information content (AvgIpc) is 2.41. The number of nitrogens with zero attached hydrogens (tertiary/aromatic N) is 1. The maximum Gasteiger partial charge on any atom is 0.129 e. The van der Waals surface area contributed by atoms with Crippen LogP contribution in [0.2, 0.25) is 5.02 Å². The van der Waals surface area contributed by atoms with Crippen molar-refractivity contribution in [3.63, 3.8) is 0 Å². The van der Waals surface area contributed by atoms with Crippen molar-refractivity contribution >= 4 is 11.6 Å². The van der Waals surface area contributed by atoms with Crippen molar-refractivity contribution in [1.82, 2.24) is 10.2 Å². The van der Waals surface area contributed by atoms with Crippen LogP contribution in [0.3, 0.4) is 0 Å². The van der Waals surface area contributed by atoms with Gasteiger partial charge in [0.15, 0.2) is 0 Å². The van der Waals surface area contributed by atoms with Crippen LogP contribution in [-0.2, 0) is 0 Å². The molecule has 0 spiro atoms. The van der Waals surface area contributed by atoms with E-state index in [0.717, 1.165) is 26.2 Å². The summed E-state index contributed by atoms with van der Waals surface area (Å²) in [6.45, 7) is 5.43. The third-order valence-corrected chi connectivity index (χ3v) is 3.70. The van der Waals surface area contributed by atoms with E-state index >= 15 is 0 Å². The largest absolute Gasteiger partial charge is 0.387 e. The minimum absolute atomic E-state index is 0.125. The molecular weight excluding hydrogens is 255 g/mol. The van der Waals surface area contributed by atoms with E-state index in [1.807, 2.05) is 6.92 Å². The molecule has 1 aromatic rings. The molecule has 2 rings (SSSR count). The number of hydrogen-bond acceptors (Lipinski definition) is 3. The molecule has 18 heavy (non-hydrogen) atoms. The molecule has 0 aromatic heterocycles. The topological polar surface area (TPSA) is 35.5 Å². The first-order chi connectivity index (χ1) is 8.59. The summed E-state index contributed by atoms with van der Waals surface area (Å²) in [6, 6.07) is 4.16. The number of hydrogen-bond donors (Lipinski definition) is 2. The Morgan fingerprint density at radius 3 is 2.72 bits per heavy atom. The molecule has 1 aliphatic heterocycles. The standard InChI is InChI=1S/C13H18ClFN2O/c1-9(17-6-4-16-5-7-17)13(18)11-8-10(14)2-3-12(11)15/h2-3,8-9,13,16,18H,4-7H2,1H3. The number of aliphatic hydroxyl groups is 1. The number of benzene rings is 1. The van der Waals surface area contributed by atoms with Gasteiger partial charge >= 0.3 is 0 Å². The monoisotopic (exact) mass is 272 g/mol. The van der Waals surface area contributed by atoms with Crippen LogP contribution in [0.25, 0.3) is 0 Å². The molecule has 100 valence electrons. The highest BCUT2D eigenvalue weighted by atomic mass is 35.5. The first kappa shape index (κ1) is 13.7. The number of aliphatic hydroxyl groups excluding tert-OH is 1. The maximum absolute atomic E-state index is 13.7. The van der Waals surface area contributed by atoms with Crippen LogP contribution in [0, 0.1) is 5.82 Å². The number of halogens is 2. The van der Waals surface area contributed by atoms with E-state index in [9.17, 15) is 9.50 Å². The van der Waals surface area contributed by atoms with Gasteiger partial charge in [0.25, 0.3) is 0 Å². The van der Waals surface area contributed by atoms with E-state index in [-0.39, 0.29) is 11.6 Å². The molecule has 2 N–H and O–H groups in total. The lowest BCUT2D eigenvalue weighted by molar-refractivity contribution is 0.0488. The van der Waals surface area contributed by atoms with E-state index in [1.54, 1.807) is 0 Å². The van der Waals surface area contributed by atoms with Crippen molar-refractivity contribution < 1.29 is 9.50 Å². The molecule has 2 unspecified atom stereocenters. The van der Waals surface area contributed by atoms with Gasteiger partial charge in [-0.15, -0.1) is 0 Å². The second-order valence-electron chi connectivity index (χ2n) is 4.64. The fraction of sp³-hybridized carbons (Fsp3) is 0.538. The summed E-state index contributed by atoms with van der Waals surface area (Å²) in [4.78, 5) is 2.15. The predicted molar refractivity (Wildman–Crippen MR) is 70.3 cm³/mol. The fourth-order valence-corrected chi connectivity index (χ4v) is 2.47. The van der Waals surface area contributed by atoms with Gasteiger partial charge < -0.3 is 10.4 Å². The molecule has 0 bridgehead atoms. The van der Waals surface area contributed by atoms with Crippen LogP contribution >= 0.6 is 11.6 Å². The van der Waals surface area contributed by atoms with Crippen LogP contribution in [0.1, 0.15) is 18.6 Å². The Labute approximate surface area is 112 Å². The predicted octanol–water partition coefficient (Wildman–Crippen LogP) is 1.81. The molecule has 1 aromatic carbocycles. The minimum Gasteiger partial charge on any atom is -0.387 e. The van der Waals surface area contributed by atoms with Crippen molar-refractivity contribution in [2.75, 3.05) is 26.2 Å². The van der Waals surface area contributed by atoms with Crippen molar-refractivity contribution in [3.05, 3.63) is 34.6 Å². The highest BCUT2D eigenvalue weighted by Gasteiger charge is 2.26. The highest BCUT2D eigenvalue weighted by Crippen LogP contribution is 2.26. The van der Waals surface area contributed by atoms with Gasteiger partial charge in [-0.25, -0.2) is 4.39 Å². The molecule has 2 atom stereocenters. The van der Waals surface area contributed by atoms with Gasteiger partial charge in [0.2, 0.25) is 0 Å². The summed E-state index contributed by atoms with van der Waals surface area (Å²) >= 11 is 5.85. The molecule has 0 saturated carbocycles. The fourth-order valence-electron chi connectivity index (χ4n) is 2.29. The normalized spacial score (nSPS) is 20.7. The second kappa shape index (κ2) is 5.97. The van der Waals surface area contributed by atoms with Gasteiger partial charge in [-0.1, -0.05) is 11.6 Å². The summed E-state index contributed by atoms with van der Waals surface area (Å²) < 4.78 is 13.7. The molecule has 0 amide bonds. The van der Waals surface area contributed by atoms with Gasteiger partial charge in [0.05, 0.1) is 6.10 Å². The Balaban J connectivity index is 2.13. The maximum atomic E-state index is 13.7. The average molecular weight is 273 g/mol. The lowest BCUT2D eigenvalue weighted by Gasteiger charge is -2.35. The number of rotatable bonds is 3. The molecule has 1 fully saturated rings. The summed E-state index contributed by atoms with van der Waals surface area (Å²) in [6.07, 6.45) is -0.859. The van der Waals surface area contributed by atoms with Crippen LogP contribution < -0.4 is 5.32 Å². The number of nitrogens with one attached hydrogen (secondary N) is 1. The van der Waals surface area contributed by atoms with Gasteiger partial charge in [0, 0.05) is 42.8 Å².